The van der Waals surface area contributed by atoms with E-state index in [0.29, 0.717) is 5.57 Å². The Morgan fingerprint density at radius 3 is 2.56 bits per heavy atom. The van der Waals surface area contributed by atoms with E-state index in [4.69, 9.17) is 0 Å². The molecular weight excluding hydrogens is 234 g/mol. The zero-order chi connectivity index (χ0) is 13.0. The van der Waals surface area contributed by atoms with Crippen LogP contribution in [0.2, 0.25) is 0 Å². The second kappa shape index (κ2) is 3.67. The van der Waals surface area contributed by atoms with Crippen LogP contribution in [-0.4, -0.2) is 33.8 Å². The van der Waals surface area contributed by atoms with Gasteiger partial charge >= 0.3 is 5.97 Å². The lowest BCUT2D eigenvalue weighted by atomic mass is 9.83. The van der Waals surface area contributed by atoms with E-state index in [1.807, 2.05) is 0 Å². The Morgan fingerprint density at radius 1 is 1.33 bits per heavy atom. The molecule has 0 aromatic rings. The van der Waals surface area contributed by atoms with Gasteiger partial charge in [-0.15, -0.1) is 0 Å². The van der Waals surface area contributed by atoms with E-state index >= 15 is 0 Å². The first kappa shape index (κ1) is 11.4. The number of carbonyl (C=O) groups excluding carboxylic acids is 2. The number of carboxylic acid groups (broad SMARTS) is 1. The molecule has 2 saturated carbocycles. The second-order valence-corrected chi connectivity index (χ2v) is 5.53. The fraction of sp³-hybridized carbons (Fsp3) is 0.615. The highest BCUT2D eigenvalue weighted by molar-refractivity contribution is 6.16. The Morgan fingerprint density at radius 2 is 2.00 bits per heavy atom. The van der Waals surface area contributed by atoms with E-state index in [1.54, 1.807) is 6.92 Å². The number of amides is 2. The molecule has 4 unspecified atom stereocenters. The molecule has 4 atom stereocenters. The predicted octanol–water partition coefficient (Wildman–Crippen LogP) is 0.801. The van der Waals surface area contributed by atoms with Crippen molar-refractivity contribution in [3.05, 3.63) is 11.6 Å². The maximum Gasteiger partial charge on any atom is 0.308 e. The van der Waals surface area contributed by atoms with Gasteiger partial charge in [-0.1, -0.05) is 0 Å². The lowest BCUT2D eigenvalue weighted by molar-refractivity contribution is -0.151. The van der Waals surface area contributed by atoms with Gasteiger partial charge in [0.25, 0.3) is 11.8 Å². The van der Waals surface area contributed by atoms with E-state index in [0.717, 1.165) is 19.3 Å². The Balaban J connectivity index is 1.94. The molecule has 2 fully saturated rings. The summed E-state index contributed by atoms with van der Waals surface area (Å²) in [6, 6.07) is -0.435. The quantitative estimate of drug-likeness (QED) is 0.734. The summed E-state index contributed by atoms with van der Waals surface area (Å²) in [5, 5.41) is 9.34. The number of aliphatic carboxylic acids is 1. The summed E-state index contributed by atoms with van der Waals surface area (Å²) in [4.78, 5) is 36.4. The van der Waals surface area contributed by atoms with E-state index < -0.39 is 17.9 Å². The van der Waals surface area contributed by atoms with Crippen molar-refractivity contribution >= 4 is 17.8 Å². The third kappa shape index (κ3) is 1.36. The Hall–Kier alpha value is -1.65. The van der Waals surface area contributed by atoms with Crippen LogP contribution in [0.4, 0.5) is 0 Å². The van der Waals surface area contributed by atoms with Gasteiger partial charge in [0.15, 0.2) is 0 Å². The molecule has 5 nitrogen and oxygen atoms in total. The SMILES string of the molecule is CC1=CC(=O)N(C2C3CCC(C3)C2C(=O)O)C1=O. The summed E-state index contributed by atoms with van der Waals surface area (Å²) < 4.78 is 0. The van der Waals surface area contributed by atoms with Crippen molar-refractivity contribution in [2.75, 3.05) is 0 Å². The Bertz CT molecular complexity index is 481. The molecule has 0 saturated heterocycles. The number of carboxylic acids is 1. The number of carbonyl (C=O) groups is 3. The average molecular weight is 249 g/mol. The molecule has 0 aromatic heterocycles. The minimum Gasteiger partial charge on any atom is -0.481 e. The molecule has 3 rings (SSSR count). The van der Waals surface area contributed by atoms with Gasteiger partial charge in [0.2, 0.25) is 0 Å². The van der Waals surface area contributed by atoms with Gasteiger partial charge in [-0.3, -0.25) is 19.3 Å². The Kier molecular flexibility index (Phi) is 2.33. The monoisotopic (exact) mass is 249 g/mol. The van der Waals surface area contributed by atoms with Gasteiger partial charge in [-0.25, -0.2) is 0 Å². The molecule has 1 aliphatic heterocycles. The van der Waals surface area contributed by atoms with Crippen LogP contribution in [-0.2, 0) is 14.4 Å². The van der Waals surface area contributed by atoms with Gasteiger partial charge in [-0.2, -0.15) is 0 Å². The third-order valence-electron chi connectivity index (χ3n) is 4.59. The molecule has 0 radical (unpaired) electrons. The molecule has 0 spiro atoms. The lowest BCUT2D eigenvalue weighted by Crippen LogP contribution is -2.50. The number of imide groups is 1. The highest BCUT2D eigenvalue weighted by Gasteiger charge is 2.56. The summed E-state index contributed by atoms with van der Waals surface area (Å²) in [7, 11) is 0. The molecule has 2 amide bonds. The smallest absolute Gasteiger partial charge is 0.308 e. The Labute approximate surface area is 104 Å². The van der Waals surface area contributed by atoms with E-state index in [1.165, 1.54) is 11.0 Å². The van der Waals surface area contributed by atoms with Crippen LogP contribution in [0.25, 0.3) is 0 Å². The highest BCUT2D eigenvalue weighted by Crippen LogP contribution is 2.51. The van der Waals surface area contributed by atoms with Gasteiger partial charge in [0, 0.05) is 11.6 Å². The fourth-order valence-electron chi connectivity index (χ4n) is 3.87. The average Bonchev–Trinajstić information content (AvgIpc) is 2.94. The van der Waals surface area contributed by atoms with Gasteiger partial charge in [-0.05, 0) is 38.0 Å². The van der Waals surface area contributed by atoms with E-state index in [9.17, 15) is 19.5 Å². The number of hydrogen-bond acceptors (Lipinski definition) is 3. The zero-order valence-electron chi connectivity index (χ0n) is 10.1. The minimum atomic E-state index is -0.877. The van der Waals surface area contributed by atoms with Crippen molar-refractivity contribution in [1.29, 1.82) is 0 Å². The van der Waals surface area contributed by atoms with Gasteiger partial charge in [0.1, 0.15) is 0 Å². The summed E-state index contributed by atoms with van der Waals surface area (Å²) in [6.45, 7) is 1.60. The molecule has 96 valence electrons. The summed E-state index contributed by atoms with van der Waals surface area (Å²) in [5.74, 6) is -1.82. The first-order valence-corrected chi connectivity index (χ1v) is 6.29. The van der Waals surface area contributed by atoms with Crippen LogP contribution < -0.4 is 0 Å². The zero-order valence-corrected chi connectivity index (χ0v) is 10.1. The molecule has 0 aromatic carbocycles. The maximum absolute atomic E-state index is 12.0. The van der Waals surface area contributed by atoms with Crippen molar-refractivity contribution in [2.45, 2.75) is 32.2 Å². The summed E-state index contributed by atoms with van der Waals surface area (Å²) in [5.41, 5.74) is 0.409. The fourth-order valence-corrected chi connectivity index (χ4v) is 3.87. The third-order valence-corrected chi connectivity index (χ3v) is 4.59. The number of rotatable bonds is 2. The van der Waals surface area contributed by atoms with Crippen LogP contribution in [0.1, 0.15) is 26.2 Å². The van der Waals surface area contributed by atoms with Crippen molar-refractivity contribution in [3.8, 4) is 0 Å². The van der Waals surface area contributed by atoms with Gasteiger partial charge < -0.3 is 5.11 Å². The minimum absolute atomic E-state index is 0.124. The molecule has 2 aliphatic carbocycles. The van der Waals surface area contributed by atoms with Crippen LogP contribution >= 0.6 is 0 Å². The first-order valence-electron chi connectivity index (χ1n) is 6.29. The van der Waals surface area contributed by atoms with Gasteiger partial charge in [0.05, 0.1) is 12.0 Å². The summed E-state index contributed by atoms with van der Waals surface area (Å²) >= 11 is 0. The number of fused-ring (bicyclic) bond motifs is 2. The maximum atomic E-state index is 12.0. The molecule has 3 aliphatic rings. The lowest BCUT2D eigenvalue weighted by Gasteiger charge is -2.34. The van der Waals surface area contributed by atoms with Crippen LogP contribution in [0.3, 0.4) is 0 Å². The topological polar surface area (TPSA) is 74.7 Å². The van der Waals surface area contributed by atoms with Crippen molar-refractivity contribution in [2.24, 2.45) is 17.8 Å². The standard InChI is InChI=1S/C13H15NO4/c1-6-4-9(15)14(12(6)16)11-8-3-2-7(5-8)10(11)13(17)18/h4,7-8,10-11H,2-3,5H2,1H3,(H,17,18). The number of hydrogen-bond donors (Lipinski definition) is 1. The largest absolute Gasteiger partial charge is 0.481 e. The molecule has 1 heterocycles. The van der Waals surface area contributed by atoms with Crippen molar-refractivity contribution in [3.63, 3.8) is 0 Å². The van der Waals surface area contributed by atoms with Crippen LogP contribution in [0.15, 0.2) is 11.6 Å². The van der Waals surface area contributed by atoms with Crippen LogP contribution in [0.5, 0.6) is 0 Å². The van der Waals surface area contributed by atoms with Crippen molar-refractivity contribution in [1.82, 2.24) is 4.90 Å². The normalized spacial score (nSPS) is 38.5. The molecule has 5 heteroatoms. The molecule has 1 N–H and O–H groups in total. The predicted molar refractivity (Wildman–Crippen MR) is 61.4 cm³/mol. The first-order chi connectivity index (χ1) is 8.50. The number of nitrogens with zero attached hydrogens (tertiary/aromatic N) is 1. The second-order valence-electron chi connectivity index (χ2n) is 5.53. The van der Waals surface area contributed by atoms with Crippen LogP contribution in [0, 0.1) is 17.8 Å². The summed E-state index contributed by atoms with van der Waals surface area (Å²) in [6.07, 6.45) is 3.97. The van der Waals surface area contributed by atoms with Crippen molar-refractivity contribution < 1.29 is 19.5 Å². The van der Waals surface area contributed by atoms with E-state index in [2.05, 4.69) is 0 Å². The highest BCUT2D eigenvalue weighted by atomic mass is 16.4. The molecular formula is C13H15NO4. The van der Waals surface area contributed by atoms with E-state index in [-0.39, 0.29) is 23.7 Å². The molecule has 2 bridgehead atoms. The molecule has 18 heavy (non-hydrogen) atoms.